The van der Waals surface area contributed by atoms with Crippen molar-refractivity contribution in [3.8, 4) is 0 Å². The second kappa shape index (κ2) is 8.09. The van der Waals surface area contributed by atoms with Gasteiger partial charge in [-0.05, 0) is 51.0 Å². The number of nitrogens with zero attached hydrogens (tertiary/aromatic N) is 2. The third kappa shape index (κ3) is 3.89. The van der Waals surface area contributed by atoms with Crippen molar-refractivity contribution >= 4 is 0 Å². The monoisotopic (exact) mass is 307 g/mol. The first kappa shape index (κ1) is 16.0. The molecule has 0 aliphatic carbocycles. The molecule has 0 radical (unpaired) electrons. The van der Waals surface area contributed by atoms with Gasteiger partial charge in [0.05, 0.1) is 6.04 Å². The van der Waals surface area contributed by atoms with Gasteiger partial charge >= 0.3 is 0 Å². The summed E-state index contributed by atoms with van der Waals surface area (Å²) in [5, 5.41) is 3.84. The first-order valence-corrected chi connectivity index (χ1v) is 8.78. The van der Waals surface area contributed by atoms with Crippen molar-refractivity contribution in [2.75, 3.05) is 33.0 Å². The predicted molar refractivity (Wildman–Crippen MR) is 85.7 cm³/mol. The minimum Gasteiger partial charge on any atom is -0.381 e. The first-order chi connectivity index (χ1) is 10.9. The van der Waals surface area contributed by atoms with E-state index < -0.39 is 0 Å². The van der Waals surface area contributed by atoms with E-state index in [9.17, 15) is 0 Å². The normalized spacial score (nSPS) is 22.8. The van der Waals surface area contributed by atoms with Crippen LogP contribution in [0.15, 0.2) is 12.4 Å². The van der Waals surface area contributed by atoms with Gasteiger partial charge in [-0.3, -0.25) is 0 Å². The van der Waals surface area contributed by atoms with Gasteiger partial charge in [-0.2, -0.15) is 0 Å². The molecule has 1 aromatic rings. The zero-order valence-corrected chi connectivity index (χ0v) is 13.7. The van der Waals surface area contributed by atoms with Crippen LogP contribution in [0.2, 0.25) is 0 Å². The summed E-state index contributed by atoms with van der Waals surface area (Å²) in [6.45, 7) is 7.83. The minimum atomic E-state index is 0.349. The van der Waals surface area contributed by atoms with E-state index in [2.05, 4.69) is 28.0 Å². The van der Waals surface area contributed by atoms with Gasteiger partial charge in [0.15, 0.2) is 0 Å². The van der Waals surface area contributed by atoms with Gasteiger partial charge in [-0.15, -0.1) is 0 Å². The number of hydrogen-bond acceptors (Lipinski definition) is 4. The van der Waals surface area contributed by atoms with Gasteiger partial charge in [0.1, 0.15) is 5.82 Å². The number of imidazole rings is 1. The van der Waals surface area contributed by atoms with Crippen molar-refractivity contribution in [2.24, 2.45) is 11.8 Å². The minimum absolute atomic E-state index is 0.349. The maximum Gasteiger partial charge on any atom is 0.126 e. The van der Waals surface area contributed by atoms with Crippen LogP contribution >= 0.6 is 0 Å². The third-order valence-electron chi connectivity index (χ3n) is 5.07. The Hall–Kier alpha value is -0.910. The molecule has 2 aliphatic heterocycles. The molecule has 22 heavy (non-hydrogen) atoms. The van der Waals surface area contributed by atoms with Gasteiger partial charge < -0.3 is 19.4 Å². The standard InChI is InChI=1S/C17H29N3O2/c1-2-20-8-7-18-17(20)16(15-5-11-22-12-6-15)19-13-14-3-9-21-10-4-14/h7-8,14-16,19H,2-6,9-13H2,1H3/t16-/m0/s1. The highest BCUT2D eigenvalue weighted by Crippen LogP contribution is 2.30. The summed E-state index contributed by atoms with van der Waals surface area (Å²) in [6, 6.07) is 0.349. The molecule has 5 heteroatoms. The molecule has 5 nitrogen and oxygen atoms in total. The number of aryl methyl sites for hydroxylation is 1. The van der Waals surface area contributed by atoms with Gasteiger partial charge in [0, 0.05) is 45.4 Å². The zero-order chi connectivity index (χ0) is 15.2. The van der Waals surface area contributed by atoms with E-state index in [1.165, 1.54) is 18.7 Å². The summed E-state index contributed by atoms with van der Waals surface area (Å²) in [5.74, 6) is 2.56. The van der Waals surface area contributed by atoms with Crippen LogP contribution in [0.3, 0.4) is 0 Å². The molecular weight excluding hydrogens is 278 g/mol. The second-order valence-electron chi connectivity index (χ2n) is 6.46. The summed E-state index contributed by atoms with van der Waals surface area (Å²) in [7, 11) is 0. The van der Waals surface area contributed by atoms with Crippen LogP contribution < -0.4 is 5.32 Å². The van der Waals surface area contributed by atoms with E-state index in [4.69, 9.17) is 9.47 Å². The topological polar surface area (TPSA) is 48.3 Å². The lowest BCUT2D eigenvalue weighted by Gasteiger charge is -2.33. The van der Waals surface area contributed by atoms with Crippen LogP contribution in [0, 0.1) is 11.8 Å². The van der Waals surface area contributed by atoms with Crippen molar-refractivity contribution in [2.45, 2.75) is 45.2 Å². The summed E-state index contributed by atoms with van der Waals surface area (Å²) in [6.07, 6.45) is 8.63. The third-order valence-corrected chi connectivity index (χ3v) is 5.07. The van der Waals surface area contributed by atoms with E-state index in [1.54, 1.807) is 0 Å². The van der Waals surface area contributed by atoms with Gasteiger partial charge in [-0.25, -0.2) is 4.98 Å². The van der Waals surface area contributed by atoms with E-state index in [0.717, 1.165) is 58.3 Å². The van der Waals surface area contributed by atoms with E-state index in [1.807, 2.05) is 6.20 Å². The molecule has 0 bridgehead atoms. The fraction of sp³-hybridized carbons (Fsp3) is 0.824. The highest BCUT2D eigenvalue weighted by atomic mass is 16.5. The van der Waals surface area contributed by atoms with Gasteiger partial charge in [0.2, 0.25) is 0 Å². The lowest BCUT2D eigenvalue weighted by molar-refractivity contribution is 0.0457. The number of nitrogens with one attached hydrogen (secondary N) is 1. The van der Waals surface area contributed by atoms with E-state index in [0.29, 0.717) is 12.0 Å². The molecule has 2 saturated heterocycles. The number of hydrogen-bond donors (Lipinski definition) is 1. The Morgan fingerprint density at radius 3 is 2.55 bits per heavy atom. The molecule has 0 spiro atoms. The van der Waals surface area contributed by atoms with Crippen molar-refractivity contribution in [1.29, 1.82) is 0 Å². The van der Waals surface area contributed by atoms with Crippen molar-refractivity contribution in [3.05, 3.63) is 18.2 Å². The maximum atomic E-state index is 5.55. The lowest BCUT2D eigenvalue weighted by atomic mass is 9.90. The smallest absolute Gasteiger partial charge is 0.126 e. The summed E-state index contributed by atoms with van der Waals surface area (Å²) in [5.41, 5.74) is 0. The molecule has 2 aliphatic rings. The Labute approximate surface area is 133 Å². The average molecular weight is 307 g/mol. The molecule has 0 saturated carbocycles. The summed E-state index contributed by atoms with van der Waals surface area (Å²) < 4.78 is 13.3. The second-order valence-corrected chi connectivity index (χ2v) is 6.46. The molecule has 0 aromatic carbocycles. The molecule has 1 N–H and O–H groups in total. The van der Waals surface area contributed by atoms with Crippen LogP contribution in [0.4, 0.5) is 0 Å². The van der Waals surface area contributed by atoms with Crippen LogP contribution in [-0.2, 0) is 16.0 Å². The van der Waals surface area contributed by atoms with Crippen molar-refractivity contribution in [1.82, 2.24) is 14.9 Å². The molecule has 3 heterocycles. The fourth-order valence-corrected chi connectivity index (χ4v) is 3.63. The molecule has 124 valence electrons. The molecule has 1 atom stereocenters. The Morgan fingerprint density at radius 2 is 1.86 bits per heavy atom. The van der Waals surface area contributed by atoms with Crippen LogP contribution in [-0.4, -0.2) is 42.5 Å². The molecule has 2 fully saturated rings. The van der Waals surface area contributed by atoms with E-state index in [-0.39, 0.29) is 0 Å². The predicted octanol–water partition coefficient (Wildman–Crippen LogP) is 2.39. The number of ether oxygens (including phenoxy) is 2. The Bertz CT molecular complexity index is 437. The Morgan fingerprint density at radius 1 is 1.18 bits per heavy atom. The molecular formula is C17H29N3O2. The zero-order valence-electron chi connectivity index (χ0n) is 13.7. The number of aromatic nitrogens is 2. The van der Waals surface area contributed by atoms with E-state index >= 15 is 0 Å². The fourth-order valence-electron chi connectivity index (χ4n) is 3.63. The van der Waals surface area contributed by atoms with Crippen LogP contribution in [0.5, 0.6) is 0 Å². The number of rotatable bonds is 6. The molecule has 0 unspecified atom stereocenters. The highest BCUT2D eigenvalue weighted by molar-refractivity contribution is 5.02. The molecule has 3 rings (SSSR count). The molecule has 0 amide bonds. The molecule has 1 aromatic heterocycles. The van der Waals surface area contributed by atoms with Gasteiger partial charge in [-0.1, -0.05) is 0 Å². The summed E-state index contributed by atoms with van der Waals surface area (Å²) >= 11 is 0. The SMILES string of the molecule is CCn1ccnc1[C@@H](NCC1CCOCC1)C1CCOCC1. The Kier molecular flexibility index (Phi) is 5.87. The average Bonchev–Trinajstić information content (AvgIpc) is 3.05. The van der Waals surface area contributed by atoms with Crippen LogP contribution in [0.25, 0.3) is 0 Å². The summed E-state index contributed by atoms with van der Waals surface area (Å²) in [4.78, 5) is 4.66. The Balaban J connectivity index is 1.67. The highest BCUT2D eigenvalue weighted by Gasteiger charge is 2.29. The van der Waals surface area contributed by atoms with Crippen LogP contribution in [0.1, 0.15) is 44.5 Å². The maximum absolute atomic E-state index is 5.55. The first-order valence-electron chi connectivity index (χ1n) is 8.78. The van der Waals surface area contributed by atoms with Crippen molar-refractivity contribution < 1.29 is 9.47 Å². The lowest BCUT2D eigenvalue weighted by Crippen LogP contribution is -2.37. The quantitative estimate of drug-likeness (QED) is 0.876. The van der Waals surface area contributed by atoms with Gasteiger partial charge in [0.25, 0.3) is 0 Å². The largest absolute Gasteiger partial charge is 0.381 e. The van der Waals surface area contributed by atoms with Crippen molar-refractivity contribution in [3.63, 3.8) is 0 Å².